The Balaban J connectivity index is 2.75. The second-order valence-electron chi connectivity index (χ2n) is 2.42. The summed E-state index contributed by atoms with van der Waals surface area (Å²) in [7, 11) is 0. The summed E-state index contributed by atoms with van der Waals surface area (Å²) >= 11 is 0. The van der Waals surface area contributed by atoms with E-state index in [0.29, 0.717) is 0 Å². The van der Waals surface area contributed by atoms with Crippen LogP contribution >= 0.6 is 0 Å². The van der Waals surface area contributed by atoms with Crippen LogP contribution in [0.1, 0.15) is 18.1 Å². The summed E-state index contributed by atoms with van der Waals surface area (Å²) in [6, 6.07) is 0. The molecule has 0 aliphatic heterocycles. The fraction of sp³-hybridized carbons (Fsp3) is 0.429. The Morgan fingerprint density at radius 1 is 1.69 bits per heavy atom. The van der Waals surface area contributed by atoms with E-state index in [9.17, 15) is 13.6 Å². The van der Waals surface area contributed by atoms with Gasteiger partial charge in [0.25, 0.3) is 0 Å². The summed E-state index contributed by atoms with van der Waals surface area (Å²) in [5.41, 5.74) is 0. The Morgan fingerprint density at radius 2 is 2.38 bits per heavy atom. The molecule has 0 saturated heterocycles. The van der Waals surface area contributed by atoms with Crippen molar-refractivity contribution in [3.8, 4) is 0 Å². The van der Waals surface area contributed by atoms with Crippen molar-refractivity contribution in [2.75, 3.05) is 0 Å². The zero-order chi connectivity index (χ0) is 9.84. The highest BCUT2D eigenvalue weighted by molar-refractivity contribution is 5.74. The molecule has 0 radical (unpaired) electrons. The Hall–Kier alpha value is -1.46. The van der Waals surface area contributed by atoms with Crippen LogP contribution in [0.4, 0.5) is 8.78 Å². The van der Waals surface area contributed by atoms with E-state index in [-0.39, 0.29) is 5.76 Å². The number of nitrogens with zero attached hydrogens (tertiary/aromatic N) is 1. The minimum absolute atomic E-state index is 0.0483. The van der Waals surface area contributed by atoms with Gasteiger partial charge in [-0.2, -0.15) is 0 Å². The molecule has 1 unspecified atom stereocenters. The maximum Gasteiger partial charge on any atom is 0.314 e. The normalized spacial score (nSPS) is 13.2. The van der Waals surface area contributed by atoms with Gasteiger partial charge in [0, 0.05) is 6.42 Å². The number of hydrogen-bond donors (Lipinski definition) is 1. The molecular formula is C7H7F2NO3. The van der Waals surface area contributed by atoms with Gasteiger partial charge in [0.1, 0.15) is 11.7 Å². The van der Waals surface area contributed by atoms with Gasteiger partial charge in [-0.3, -0.25) is 4.79 Å². The first-order valence-electron chi connectivity index (χ1n) is 3.50. The number of alkyl halides is 2. The third kappa shape index (κ3) is 2.50. The van der Waals surface area contributed by atoms with Crippen LogP contribution in [-0.2, 0) is 4.79 Å². The van der Waals surface area contributed by atoms with E-state index in [1.165, 1.54) is 0 Å². The zero-order valence-corrected chi connectivity index (χ0v) is 6.48. The van der Waals surface area contributed by atoms with Crippen LogP contribution in [-0.4, -0.2) is 22.5 Å². The molecule has 0 amide bonds. The van der Waals surface area contributed by atoms with Crippen LogP contribution in [0.25, 0.3) is 0 Å². The Bertz CT molecular complexity index is 273. The minimum Gasteiger partial charge on any atom is -0.481 e. The molecule has 0 bridgehead atoms. The summed E-state index contributed by atoms with van der Waals surface area (Å²) in [4.78, 5) is 14.0. The lowest BCUT2D eigenvalue weighted by atomic mass is 10.0. The van der Waals surface area contributed by atoms with Crippen molar-refractivity contribution in [2.24, 2.45) is 0 Å². The first kappa shape index (κ1) is 9.63. The lowest BCUT2D eigenvalue weighted by molar-refractivity contribution is -0.140. The van der Waals surface area contributed by atoms with E-state index >= 15 is 0 Å². The predicted octanol–water partition coefficient (Wildman–Crippen LogP) is 1.50. The first-order valence-corrected chi connectivity index (χ1v) is 3.50. The molecule has 6 heteroatoms. The summed E-state index contributed by atoms with van der Waals surface area (Å²) < 4.78 is 28.5. The number of hydrogen-bond acceptors (Lipinski definition) is 3. The van der Waals surface area contributed by atoms with Gasteiger partial charge >= 0.3 is 5.97 Å². The predicted molar refractivity (Wildman–Crippen MR) is 37.5 cm³/mol. The second kappa shape index (κ2) is 3.97. The summed E-state index contributed by atoms with van der Waals surface area (Å²) in [5, 5.41) is 8.57. The van der Waals surface area contributed by atoms with Crippen LogP contribution in [0.2, 0.25) is 0 Å². The third-order valence-corrected chi connectivity index (χ3v) is 1.51. The number of carboxylic acids is 1. The standard InChI is InChI=1S/C7H7F2NO3/c8-6(9)1-4(7(11)12)5-2-10-3-13-5/h2-4,6H,1H2,(H,11,12). The molecule has 0 aromatic carbocycles. The molecule has 4 nitrogen and oxygen atoms in total. The van der Waals surface area contributed by atoms with E-state index in [0.717, 1.165) is 12.6 Å². The smallest absolute Gasteiger partial charge is 0.314 e. The van der Waals surface area contributed by atoms with Crippen molar-refractivity contribution >= 4 is 5.97 Å². The number of aliphatic carboxylic acids is 1. The van der Waals surface area contributed by atoms with Crippen molar-refractivity contribution in [2.45, 2.75) is 18.8 Å². The molecule has 1 aromatic heterocycles. The highest BCUT2D eigenvalue weighted by Gasteiger charge is 2.26. The minimum atomic E-state index is -2.67. The average molecular weight is 191 g/mol. The number of halogens is 2. The number of oxazole rings is 1. The van der Waals surface area contributed by atoms with Gasteiger partial charge < -0.3 is 9.52 Å². The van der Waals surface area contributed by atoms with Gasteiger partial charge in [0.15, 0.2) is 6.39 Å². The molecule has 1 atom stereocenters. The van der Waals surface area contributed by atoms with Crippen molar-refractivity contribution < 1.29 is 23.1 Å². The van der Waals surface area contributed by atoms with Gasteiger partial charge in [0.2, 0.25) is 6.43 Å². The number of carboxylic acid groups (broad SMARTS) is 1. The molecule has 0 saturated carbocycles. The number of carbonyl (C=O) groups is 1. The van der Waals surface area contributed by atoms with Crippen LogP contribution in [0.5, 0.6) is 0 Å². The first-order chi connectivity index (χ1) is 6.11. The number of rotatable bonds is 4. The molecule has 0 spiro atoms. The monoisotopic (exact) mass is 191 g/mol. The third-order valence-electron chi connectivity index (χ3n) is 1.51. The average Bonchev–Trinajstić information content (AvgIpc) is 2.50. The van der Waals surface area contributed by atoms with Gasteiger partial charge in [-0.05, 0) is 0 Å². The molecule has 1 N–H and O–H groups in total. The van der Waals surface area contributed by atoms with E-state index in [1.54, 1.807) is 0 Å². The molecule has 13 heavy (non-hydrogen) atoms. The van der Waals surface area contributed by atoms with Crippen LogP contribution in [0.15, 0.2) is 17.0 Å². The Kier molecular flexibility index (Phi) is 2.94. The van der Waals surface area contributed by atoms with Crippen molar-refractivity contribution in [1.29, 1.82) is 0 Å². The largest absolute Gasteiger partial charge is 0.481 e. The zero-order valence-electron chi connectivity index (χ0n) is 6.48. The molecule has 0 aliphatic carbocycles. The SMILES string of the molecule is O=C(O)C(CC(F)F)c1cnco1. The van der Waals surface area contributed by atoms with E-state index in [1.807, 2.05) is 0 Å². The van der Waals surface area contributed by atoms with Gasteiger partial charge in [-0.15, -0.1) is 0 Å². The van der Waals surface area contributed by atoms with E-state index in [2.05, 4.69) is 9.40 Å². The fourth-order valence-electron chi connectivity index (χ4n) is 0.915. The highest BCUT2D eigenvalue weighted by Crippen LogP contribution is 2.22. The molecule has 72 valence electrons. The summed E-state index contributed by atoms with van der Waals surface area (Å²) in [6.07, 6.45) is -1.30. The van der Waals surface area contributed by atoms with Crippen molar-refractivity contribution in [3.63, 3.8) is 0 Å². The van der Waals surface area contributed by atoms with Crippen LogP contribution in [0, 0.1) is 0 Å². The molecule has 0 aliphatic rings. The fourth-order valence-corrected chi connectivity index (χ4v) is 0.915. The summed E-state index contributed by atoms with van der Waals surface area (Å²) in [5.74, 6) is -2.70. The number of aromatic nitrogens is 1. The van der Waals surface area contributed by atoms with Crippen molar-refractivity contribution in [1.82, 2.24) is 4.98 Å². The molecule has 1 rings (SSSR count). The molecule has 0 fully saturated rings. The van der Waals surface area contributed by atoms with Crippen molar-refractivity contribution in [3.05, 3.63) is 18.4 Å². The van der Waals surface area contributed by atoms with Gasteiger partial charge in [0.05, 0.1) is 6.20 Å². The molecule has 1 heterocycles. The van der Waals surface area contributed by atoms with E-state index in [4.69, 9.17) is 5.11 Å². The second-order valence-corrected chi connectivity index (χ2v) is 2.42. The maximum atomic E-state index is 11.9. The lowest BCUT2D eigenvalue weighted by Crippen LogP contribution is -2.14. The topological polar surface area (TPSA) is 63.3 Å². The Morgan fingerprint density at radius 3 is 2.77 bits per heavy atom. The Labute approximate surface area is 72.2 Å². The van der Waals surface area contributed by atoms with Gasteiger partial charge in [-0.1, -0.05) is 0 Å². The quantitative estimate of drug-likeness (QED) is 0.783. The van der Waals surface area contributed by atoms with Crippen LogP contribution in [0.3, 0.4) is 0 Å². The summed E-state index contributed by atoms with van der Waals surface area (Å²) in [6.45, 7) is 0. The van der Waals surface area contributed by atoms with E-state index < -0.39 is 24.7 Å². The molecular weight excluding hydrogens is 184 g/mol. The maximum absolute atomic E-state index is 11.9. The molecule has 1 aromatic rings. The lowest BCUT2D eigenvalue weighted by Gasteiger charge is -2.06. The van der Waals surface area contributed by atoms with Crippen LogP contribution < -0.4 is 0 Å². The van der Waals surface area contributed by atoms with Gasteiger partial charge in [-0.25, -0.2) is 13.8 Å². The highest BCUT2D eigenvalue weighted by atomic mass is 19.3.